The van der Waals surface area contributed by atoms with E-state index in [1.807, 2.05) is 38.2 Å². The highest BCUT2D eigenvalue weighted by atomic mass is 16.5. The molecule has 0 saturated heterocycles. The Morgan fingerprint density at radius 3 is 3.04 bits per heavy atom. The van der Waals surface area contributed by atoms with Crippen molar-refractivity contribution in [1.29, 1.82) is 0 Å². The molecule has 0 radical (unpaired) electrons. The number of carbonyl (C=O) groups excluding carboxylic acids is 1. The Hall–Kier alpha value is -2.94. The van der Waals surface area contributed by atoms with Gasteiger partial charge in [0.15, 0.2) is 5.65 Å². The number of anilines is 1. The SMILES string of the molecule is CCOC(C)n1cc(-c2cccc3nc(NC(=O)NC4CC4)nn23)cn1. The molecule has 0 bridgehead atoms. The zero-order valence-electron chi connectivity index (χ0n) is 14.7. The van der Waals surface area contributed by atoms with Crippen LogP contribution >= 0.6 is 0 Å². The lowest BCUT2D eigenvalue weighted by atomic mass is 10.2. The average Bonchev–Trinajstić information content (AvgIpc) is 3.13. The highest BCUT2D eigenvalue weighted by Crippen LogP contribution is 2.22. The van der Waals surface area contributed by atoms with Crippen LogP contribution in [0.1, 0.15) is 32.9 Å². The van der Waals surface area contributed by atoms with E-state index in [4.69, 9.17) is 4.74 Å². The summed E-state index contributed by atoms with van der Waals surface area (Å²) in [5.74, 6) is 0.269. The third kappa shape index (κ3) is 3.38. The van der Waals surface area contributed by atoms with Gasteiger partial charge in [-0.05, 0) is 38.8 Å². The summed E-state index contributed by atoms with van der Waals surface area (Å²) < 4.78 is 9.02. The van der Waals surface area contributed by atoms with Crippen molar-refractivity contribution in [3.05, 3.63) is 30.6 Å². The molecule has 0 spiro atoms. The van der Waals surface area contributed by atoms with E-state index in [-0.39, 0.29) is 24.2 Å². The van der Waals surface area contributed by atoms with Crippen LogP contribution < -0.4 is 10.6 Å². The Morgan fingerprint density at radius 2 is 2.27 bits per heavy atom. The number of ether oxygens (including phenoxy) is 1. The van der Waals surface area contributed by atoms with Crippen molar-refractivity contribution < 1.29 is 9.53 Å². The molecule has 9 heteroatoms. The maximum Gasteiger partial charge on any atom is 0.321 e. The number of hydrogen-bond acceptors (Lipinski definition) is 5. The Balaban J connectivity index is 1.60. The summed E-state index contributed by atoms with van der Waals surface area (Å²) in [6, 6.07) is 5.68. The van der Waals surface area contributed by atoms with Crippen molar-refractivity contribution in [3.63, 3.8) is 0 Å². The van der Waals surface area contributed by atoms with Crippen LogP contribution in [0.3, 0.4) is 0 Å². The average molecular weight is 355 g/mol. The molecule has 4 rings (SSSR count). The normalized spacial score (nSPS) is 15.2. The summed E-state index contributed by atoms with van der Waals surface area (Å²) in [7, 11) is 0. The Kier molecular flexibility index (Phi) is 4.29. The number of amides is 2. The molecular weight excluding hydrogens is 334 g/mol. The fourth-order valence-corrected chi connectivity index (χ4v) is 2.71. The zero-order chi connectivity index (χ0) is 18.1. The molecule has 3 aromatic heterocycles. The second-order valence-electron chi connectivity index (χ2n) is 6.25. The molecule has 1 aliphatic rings. The number of pyridine rings is 1. The summed E-state index contributed by atoms with van der Waals surface area (Å²) in [5.41, 5.74) is 2.37. The first-order chi connectivity index (χ1) is 12.6. The molecule has 1 saturated carbocycles. The van der Waals surface area contributed by atoms with Crippen LogP contribution in [0, 0.1) is 0 Å². The number of urea groups is 1. The Labute approximate surface area is 150 Å². The minimum atomic E-state index is -0.275. The van der Waals surface area contributed by atoms with Crippen LogP contribution in [-0.4, -0.2) is 43.1 Å². The van der Waals surface area contributed by atoms with Gasteiger partial charge in [-0.1, -0.05) is 6.07 Å². The summed E-state index contributed by atoms with van der Waals surface area (Å²) in [6.45, 7) is 4.51. The minimum Gasteiger partial charge on any atom is -0.357 e. The number of rotatable bonds is 6. The highest BCUT2D eigenvalue weighted by molar-refractivity contribution is 5.88. The number of nitrogens with zero attached hydrogens (tertiary/aromatic N) is 5. The maximum absolute atomic E-state index is 11.9. The molecule has 3 heterocycles. The van der Waals surface area contributed by atoms with Crippen molar-refractivity contribution in [3.8, 4) is 11.3 Å². The topological polar surface area (TPSA) is 98.4 Å². The van der Waals surface area contributed by atoms with Gasteiger partial charge in [-0.15, -0.1) is 5.10 Å². The molecule has 1 fully saturated rings. The van der Waals surface area contributed by atoms with Gasteiger partial charge in [-0.3, -0.25) is 5.32 Å². The quantitative estimate of drug-likeness (QED) is 0.708. The largest absolute Gasteiger partial charge is 0.357 e. The van der Waals surface area contributed by atoms with Crippen LogP contribution in [0.4, 0.5) is 10.7 Å². The third-order valence-corrected chi connectivity index (χ3v) is 4.18. The van der Waals surface area contributed by atoms with Gasteiger partial charge in [-0.25, -0.2) is 14.0 Å². The van der Waals surface area contributed by atoms with E-state index in [1.165, 1.54) is 0 Å². The van der Waals surface area contributed by atoms with Crippen molar-refractivity contribution in [2.45, 2.75) is 39.0 Å². The molecule has 0 aromatic carbocycles. The standard InChI is InChI=1S/C17H21N7O2/c1-3-26-11(2)23-10-12(9-18-23)14-5-4-6-15-20-16(22-24(14)15)21-17(25)19-13-7-8-13/h4-6,9-11,13H,3,7-8H2,1-2H3,(H2,19,21,22,25). The smallest absolute Gasteiger partial charge is 0.321 e. The Morgan fingerprint density at radius 1 is 1.42 bits per heavy atom. The molecule has 1 aliphatic carbocycles. The second kappa shape index (κ2) is 6.75. The van der Waals surface area contributed by atoms with Crippen LogP contribution in [0.15, 0.2) is 30.6 Å². The lowest BCUT2D eigenvalue weighted by Crippen LogP contribution is -2.30. The van der Waals surface area contributed by atoms with Gasteiger partial charge in [0.05, 0.1) is 11.9 Å². The van der Waals surface area contributed by atoms with Crippen LogP contribution in [0.25, 0.3) is 16.9 Å². The first-order valence-electron chi connectivity index (χ1n) is 8.73. The molecule has 0 aliphatic heterocycles. The van der Waals surface area contributed by atoms with Crippen molar-refractivity contribution in [2.24, 2.45) is 0 Å². The molecule has 136 valence electrons. The predicted molar refractivity (Wildman–Crippen MR) is 95.7 cm³/mol. The maximum atomic E-state index is 11.9. The number of nitrogens with one attached hydrogen (secondary N) is 2. The third-order valence-electron chi connectivity index (χ3n) is 4.18. The summed E-state index contributed by atoms with van der Waals surface area (Å²) >= 11 is 0. The van der Waals surface area contributed by atoms with Crippen molar-refractivity contribution in [1.82, 2.24) is 29.7 Å². The van der Waals surface area contributed by atoms with E-state index in [0.717, 1.165) is 24.1 Å². The lowest BCUT2D eigenvalue weighted by molar-refractivity contribution is 0.0160. The van der Waals surface area contributed by atoms with Crippen LogP contribution in [0.2, 0.25) is 0 Å². The van der Waals surface area contributed by atoms with E-state index in [0.29, 0.717) is 12.3 Å². The number of aromatic nitrogens is 5. The zero-order valence-corrected chi connectivity index (χ0v) is 14.7. The summed E-state index contributed by atoms with van der Waals surface area (Å²) in [4.78, 5) is 16.3. The van der Waals surface area contributed by atoms with E-state index >= 15 is 0 Å². The molecule has 9 nitrogen and oxygen atoms in total. The van der Waals surface area contributed by atoms with E-state index < -0.39 is 0 Å². The highest BCUT2D eigenvalue weighted by Gasteiger charge is 2.23. The Bertz CT molecular complexity index is 928. The molecular formula is C17H21N7O2. The fourth-order valence-electron chi connectivity index (χ4n) is 2.71. The molecule has 2 amide bonds. The first-order valence-corrected chi connectivity index (χ1v) is 8.73. The summed E-state index contributed by atoms with van der Waals surface area (Å²) in [5, 5.41) is 14.3. The van der Waals surface area contributed by atoms with Gasteiger partial charge in [0.1, 0.15) is 6.23 Å². The van der Waals surface area contributed by atoms with Gasteiger partial charge in [-0.2, -0.15) is 10.1 Å². The van der Waals surface area contributed by atoms with E-state index in [2.05, 4.69) is 25.8 Å². The molecule has 3 aromatic rings. The minimum absolute atomic E-state index is 0.146. The number of fused-ring (bicyclic) bond motifs is 1. The summed E-state index contributed by atoms with van der Waals surface area (Å²) in [6.07, 6.45) is 5.58. The van der Waals surface area contributed by atoms with E-state index in [9.17, 15) is 4.79 Å². The van der Waals surface area contributed by atoms with Gasteiger partial charge >= 0.3 is 6.03 Å². The first kappa shape index (κ1) is 16.5. The number of hydrogen-bond donors (Lipinski definition) is 2. The monoisotopic (exact) mass is 355 g/mol. The van der Waals surface area contributed by atoms with Gasteiger partial charge in [0.2, 0.25) is 0 Å². The van der Waals surface area contributed by atoms with E-state index in [1.54, 1.807) is 15.4 Å². The van der Waals surface area contributed by atoms with Gasteiger partial charge in [0.25, 0.3) is 5.95 Å². The van der Waals surface area contributed by atoms with Crippen molar-refractivity contribution >= 4 is 17.6 Å². The van der Waals surface area contributed by atoms with Crippen LogP contribution in [-0.2, 0) is 4.74 Å². The van der Waals surface area contributed by atoms with Crippen LogP contribution in [0.5, 0.6) is 0 Å². The molecule has 1 atom stereocenters. The molecule has 2 N–H and O–H groups in total. The number of carbonyl (C=O) groups is 1. The van der Waals surface area contributed by atoms with Gasteiger partial charge < -0.3 is 10.1 Å². The molecule has 26 heavy (non-hydrogen) atoms. The lowest BCUT2D eigenvalue weighted by Gasteiger charge is -2.11. The molecule has 1 unspecified atom stereocenters. The predicted octanol–water partition coefficient (Wildman–Crippen LogP) is 2.43. The fraction of sp³-hybridized carbons (Fsp3) is 0.412. The second-order valence-corrected chi connectivity index (χ2v) is 6.25. The van der Waals surface area contributed by atoms with Gasteiger partial charge in [0, 0.05) is 24.4 Å². The van der Waals surface area contributed by atoms with Crippen molar-refractivity contribution in [2.75, 3.05) is 11.9 Å².